The first-order valence-electron chi connectivity index (χ1n) is 7.34. The van der Waals surface area contributed by atoms with Crippen LogP contribution in [0, 0.1) is 5.41 Å². The fourth-order valence-corrected chi connectivity index (χ4v) is 2.78. The van der Waals surface area contributed by atoms with Crippen LogP contribution >= 0.6 is 0 Å². The zero-order valence-electron chi connectivity index (χ0n) is 11.9. The second-order valence-corrected chi connectivity index (χ2v) is 5.43. The van der Waals surface area contributed by atoms with Crippen LogP contribution in [-0.2, 0) is 0 Å². The average Bonchev–Trinajstić information content (AvgIpc) is 2.48. The van der Waals surface area contributed by atoms with Gasteiger partial charge in [-0.3, -0.25) is 0 Å². The molecule has 0 amide bonds. The molecule has 0 bridgehead atoms. The van der Waals surface area contributed by atoms with E-state index in [4.69, 9.17) is 15.2 Å². The first-order chi connectivity index (χ1) is 9.29. The maximum Gasteiger partial charge on any atom is 0.161 e. The molecule has 1 fully saturated rings. The lowest BCUT2D eigenvalue weighted by Crippen LogP contribution is -2.38. The van der Waals surface area contributed by atoms with Crippen LogP contribution in [0.3, 0.4) is 0 Å². The largest absolute Gasteiger partial charge is 0.490 e. The molecule has 0 saturated heterocycles. The van der Waals surface area contributed by atoms with E-state index < -0.39 is 0 Å². The van der Waals surface area contributed by atoms with Gasteiger partial charge in [0.2, 0.25) is 0 Å². The lowest BCUT2D eigenvalue weighted by molar-refractivity contribution is 0.102. The zero-order chi connectivity index (χ0) is 13.6. The van der Waals surface area contributed by atoms with E-state index in [9.17, 15) is 0 Å². The van der Waals surface area contributed by atoms with Crippen LogP contribution in [0.4, 0.5) is 0 Å². The Hall–Kier alpha value is -1.22. The number of ether oxygens (including phenoxy) is 2. The highest BCUT2D eigenvalue weighted by Crippen LogP contribution is 2.37. The maximum atomic E-state index is 6.02. The van der Waals surface area contributed by atoms with Crippen molar-refractivity contribution < 1.29 is 9.47 Å². The van der Waals surface area contributed by atoms with E-state index in [1.807, 2.05) is 31.2 Å². The number of hydrogen-bond acceptors (Lipinski definition) is 3. The molecule has 2 N–H and O–H groups in total. The molecule has 1 saturated carbocycles. The molecule has 1 aromatic rings. The smallest absolute Gasteiger partial charge is 0.161 e. The molecule has 1 aliphatic rings. The van der Waals surface area contributed by atoms with Crippen molar-refractivity contribution in [2.75, 3.05) is 19.8 Å². The average molecular weight is 263 g/mol. The molecule has 0 aromatic heterocycles. The molecule has 0 heterocycles. The van der Waals surface area contributed by atoms with E-state index in [2.05, 4.69) is 0 Å². The highest BCUT2D eigenvalue weighted by Gasteiger charge is 2.31. The maximum absolute atomic E-state index is 6.02. The molecule has 0 unspecified atom stereocenters. The van der Waals surface area contributed by atoms with Crippen molar-refractivity contribution in [3.63, 3.8) is 0 Å². The Kier molecular flexibility index (Phi) is 5.08. The monoisotopic (exact) mass is 263 g/mol. The van der Waals surface area contributed by atoms with Gasteiger partial charge in [0.05, 0.1) is 13.2 Å². The van der Waals surface area contributed by atoms with Crippen molar-refractivity contribution >= 4 is 0 Å². The van der Waals surface area contributed by atoms with E-state index in [0.717, 1.165) is 11.5 Å². The van der Waals surface area contributed by atoms with Crippen molar-refractivity contribution in [2.45, 2.75) is 39.0 Å². The third-order valence-electron chi connectivity index (χ3n) is 4.03. The minimum absolute atomic E-state index is 0.164. The van der Waals surface area contributed by atoms with Gasteiger partial charge in [-0.1, -0.05) is 31.4 Å². The van der Waals surface area contributed by atoms with Gasteiger partial charge >= 0.3 is 0 Å². The fourth-order valence-electron chi connectivity index (χ4n) is 2.78. The van der Waals surface area contributed by atoms with Crippen molar-refractivity contribution in [2.24, 2.45) is 11.1 Å². The Balaban J connectivity index is 2.00. The topological polar surface area (TPSA) is 44.5 Å². The summed E-state index contributed by atoms with van der Waals surface area (Å²) in [5.74, 6) is 1.66. The van der Waals surface area contributed by atoms with E-state index in [1.54, 1.807) is 0 Å². The summed E-state index contributed by atoms with van der Waals surface area (Å²) in [7, 11) is 0. The van der Waals surface area contributed by atoms with Crippen molar-refractivity contribution in [3.8, 4) is 11.5 Å². The van der Waals surface area contributed by atoms with Crippen LogP contribution in [-0.4, -0.2) is 19.8 Å². The van der Waals surface area contributed by atoms with Gasteiger partial charge < -0.3 is 15.2 Å². The van der Waals surface area contributed by atoms with Gasteiger partial charge in [-0.05, 0) is 31.9 Å². The van der Waals surface area contributed by atoms with Crippen molar-refractivity contribution in [1.82, 2.24) is 0 Å². The fraction of sp³-hybridized carbons (Fsp3) is 0.625. The van der Waals surface area contributed by atoms with Crippen LogP contribution in [0.15, 0.2) is 24.3 Å². The van der Waals surface area contributed by atoms with Crippen LogP contribution in [0.2, 0.25) is 0 Å². The van der Waals surface area contributed by atoms with Gasteiger partial charge in [0, 0.05) is 12.0 Å². The lowest BCUT2D eigenvalue weighted by Gasteiger charge is -2.35. The first kappa shape index (κ1) is 14.2. The molecule has 2 rings (SSSR count). The summed E-state index contributed by atoms with van der Waals surface area (Å²) in [6.45, 7) is 4.05. The van der Waals surface area contributed by atoms with Crippen LogP contribution in [0.5, 0.6) is 11.5 Å². The molecule has 3 nitrogen and oxygen atoms in total. The quantitative estimate of drug-likeness (QED) is 0.855. The summed E-state index contributed by atoms with van der Waals surface area (Å²) < 4.78 is 11.6. The number of nitrogens with two attached hydrogens (primary N) is 1. The zero-order valence-corrected chi connectivity index (χ0v) is 11.9. The van der Waals surface area contributed by atoms with E-state index >= 15 is 0 Å². The Bertz CT molecular complexity index is 386. The molecule has 0 aliphatic heterocycles. The highest BCUT2D eigenvalue weighted by atomic mass is 16.5. The Morgan fingerprint density at radius 2 is 1.68 bits per heavy atom. The minimum Gasteiger partial charge on any atom is -0.490 e. The first-order valence-corrected chi connectivity index (χ1v) is 7.34. The minimum atomic E-state index is 0.164. The third kappa shape index (κ3) is 3.63. The Labute approximate surface area is 116 Å². The highest BCUT2D eigenvalue weighted by molar-refractivity contribution is 5.39. The Morgan fingerprint density at radius 1 is 1.05 bits per heavy atom. The molecular formula is C16H25NO2. The van der Waals surface area contributed by atoms with Crippen LogP contribution in [0.1, 0.15) is 39.0 Å². The number of hydrogen-bond donors (Lipinski definition) is 1. The van der Waals surface area contributed by atoms with Gasteiger partial charge in [0.15, 0.2) is 11.5 Å². The van der Waals surface area contributed by atoms with Gasteiger partial charge in [0.1, 0.15) is 0 Å². The molecule has 0 spiro atoms. The van der Waals surface area contributed by atoms with Gasteiger partial charge in [0.25, 0.3) is 0 Å². The molecule has 1 aromatic carbocycles. The van der Waals surface area contributed by atoms with Gasteiger partial charge in [-0.2, -0.15) is 0 Å². The standard InChI is InChI=1S/C16H25NO2/c1-2-18-14-8-4-5-9-15(14)19-13-16(12-17)10-6-3-7-11-16/h4-5,8-9H,2-3,6-7,10-13,17H2,1H3. The number of benzene rings is 1. The predicted octanol–water partition coefficient (Wildman–Crippen LogP) is 3.37. The SMILES string of the molecule is CCOc1ccccc1OCC1(CN)CCCCC1. The van der Waals surface area contributed by atoms with Crippen LogP contribution in [0.25, 0.3) is 0 Å². The number of rotatable bonds is 6. The molecular weight excluding hydrogens is 238 g/mol. The summed E-state index contributed by atoms with van der Waals surface area (Å²) in [6, 6.07) is 7.87. The van der Waals surface area contributed by atoms with Crippen molar-refractivity contribution in [1.29, 1.82) is 0 Å². The van der Waals surface area contributed by atoms with Gasteiger partial charge in [-0.25, -0.2) is 0 Å². The summed E-state index contributed by atoms with van der Waals surface area (Å²) in [5.41, 5.74) is 6.15. The second kappa shape index (κ2) is 6.80. The molecule has 106 valence electrons. The van der Waals surface area contributed by atoms with E-state index in [-0.39, 0.29) is 5.41 Å². The molecule has 19 heavy (non-hydrogen) atoms. The molecule has 0 atom stereocenters. The predicted molar refractivity (Wildman–Crippen MR) is 77.7 cm³/mol. The third-order valence-corrected chi connectivity index (χ3v) is 4.03. The van der Waals surface area contributed by atoms with Crippen LogP contribution < -0.4 is 15.2 Å². The normalized spacial score (nSPS) is 18.0. The summed E-state index contributed by atoms with van der Waals surface area (Å²) in [4.78, 5) is 0. The van der Waals surface area contributed by atoms with E-state index in [0.29, 0.717) is 19.8 Å². The molecule has 0 radical (unpaired) electrons. The summed E-state index contributed by atoms with van der Waals surface area (Å²) in [6.07, 6.45) is 6.24. The lowest BCUT2D eigenvalue weighted by atomic mass is 9.75. The summed E-state index contributed by atoms with van der Waals surface area (Å²) in [5, 5.41) is 0. The van der Waals surface area contributed by atoms with Crippen molar-refractivity contribution in [3.05, 3.63) is 24.3 Å². The van der Waals surface area contributed by atoms with Gasteiger partial charge in [-0.15, -0.1) is 0 Å². The second-order valence-electron chi connectivity index (χ2n) is 5.43. The Morgan fingerprint density at radius 3 is 2.26 bits per heavy atom. The summed E-state index contributed by atoms with van der Waals surface area (Å²) >= 11 is 0. The molecule has 1 aliphatic carbocycles. The number of para-hydroxylation sites is 2. The van der Waals surface area contributed by atoms with E-state index in [1.165, 1.54) is 32.1 Å². The molecule has 3 heteroatoms.